The van der Waals surface area contributed by atoms with E-state index in [2.05, 4.69) is 12.1 Å². The number of alkyl halides is 1. The minimum Gasteiger partial charge on any atom is -0.307 e. The van der Waals surface area contributed by atoms with Gasteiger partial charge in [-0.1, -0.05) is 35.9 Å². The van der Waals surface area contributed by atoms with Crippen LogP contribution in [0.1, 0.15) is 22.3 Å². The van der Waals surface area contributed by atoms with Gasteiger partial charge in [-0.15, -0.1) is 11.6 Å². The van der Waals surface area contributed by atoms with E-state index in [0.717, 1.165) is 22.4 Å². The molecule has 0 aliphatic rings. The Kier molecular flexibility index (Phi) is 5.03. The summed E-state index contributed by atoms with van der Waals surface area (Å²) in [6, 6.07) is 14.3. The van der Waals surface area contributed by atoms with Gasteiger partial charge >= 0.3 is 0 Å². The number of hydrogen-bond acceptors (Lipinski definition) is 1. The van der Waals surface area contributed by atoms with Crippen LogP contribution in [0.4, 0.5) is 5.69 Å². The van der Waals surface area contributed by atoms with Gasteiger partial charge in [0, 0.05) is 5.69 Å². The molecule has 2 aromatic carbocycles. The van der Waals surface area contributed by atoms with Crippen LogP contribution in [0.15, 0.2) is 42.5 Å². The van der Waals surface area contributed by atoms with Crippen LogP contribution in [0.2, 0.25) is 0 Å². The van der Waals surface area contributed by atoms with Crippen molar-refractivity contribution in [1.82, 2.24) is 0 Å². The first-order valence-electron chi connectivity index (χ1n) is 7.00. The summed E-state index contributed by atoms with van der Waals surface area (Å²) in [7, 11) is 0. The van der Waals surface area contributed by atoms with Crippen molar-refractivity contribution in [3.63, 3.8) is 0 Å². The van der Waals surface area contributed by atoms with Gasteiger partial charge in [-0.05, 0) is 49.6 Å². The number of halogens is 1. The molecule has 0 radical (unpaired) electrons. The third kappa shape index (κ3) is 4.08. The molecule has 0 bridgehead atoms. The van der Waals surface area contributed by atoms with E-state index in [-0.39, 0.29) is 11.8 Å². The molecule has 0 fully saturated rings. The third-order valence-corrected chi connectivity index (χ3v) is 3.59. The van der Waals surface area contributed by atoms with Crippen LogP contribution in [0.25, 0.3) is 0 Å². The van der Waals surface area contributed by atoms with Crippen molar-refractivity contribution in [1.29, 1.82) is 0 Å². The predicted molar refractivity (Wildman–Crippen MR) is 89.0 cm³/mol. The maximum atomic E-state index is 12.2. The van der Waals surface area contributed by atoms with Crippen molar-refractivity contribution >= 4 is 23.2 Å². The fraction of sp³-hybridized carbons (Fsp3) is 0.278. The number of carbonyl (C=O) groups is 1. The van der Waals surface area contributed by atoms with Gasteiger partial charge in [-0.25, -0.2) is 0 Å². The van der Waals surface area contributed by atoms with E-state index in [0.29, 0.717) is 6.54 Å². The Bertz CT molecular complexity index is 631. The molecular formula is C18H20ClNO. The van der Waals surface area contributed by atoms with Gasteiger partial charge in [-0.2, -0.15) is 0 Å². The van der Waals surface area contributed by atoms with Gasteiger partial charge in [0.1, 0.15) is 5.88 Å². The quantitative estimate of drug-likeness (QED) is 0.767. The molecule has 2 aromatic rings. The maximum Gasteiger partial charge on any atom is 0.242 e. The number of hydrogen-bond donors (Lipinski definition) is 0. The molecule has 0 heterocycles. The molecule has 1 amide bonds. The van der Waals surface area contributed by atoms with E-state index >= 15 is 0 Å². The molecule has 0 spiro atoms. The first-order valence-corrected chi connectivity index (χ1v) is 7.53. The maximum absolute atomic E-state index is 12.2. The number of rotatable bonds is 4. The number of carbonyl (C=O) groups excluding carboxylic acids is 1. The predicted octanol–water partition coefficient (Wildman–Crippen LogP) is 4.38. The molecule has 21 heavy (non-hydrogen) atoms. The average molecular weight is 302 g/mol. The van der Waals surface area contributed by atoms with Crippen LogP contribution >= 0.6 is 11.6 Å². The van der Waals surface area contributed by atoms with E-state index in [1.165, 1.54) is 5.56 Å². The van der Waals surface area contributed by atoms with Gasteiger partial charge in [0.15, 0.2) is 0 Å². The molecule has 110 valence electrons. The minimum atomic E-state index is -0.0804. The second kappa shape index (κ2) is 6.77. The van der Waals surface area contributed by atoms with Crippen LogP contribution in [0, 0.1) is 20.8 Å². The number of anilines is 1. The lowest BCUT2D eigenvalue weighted by Crippen LogP contribution is -2.31. The third-order valence-electron chi connectivity index (χ3n) is 3.36. The van der Waals surface area contributed by atoms with Gasteiger partial charge in [-0.3, -0.25) is 4.79 Å². The molecule has 0 aromatic heterocycles. The molecule has 0 aliphatic heterocycles. The summed E-state index contributed by atoms with van der Waals surface area (Å²) in [5.74, 6) is -0.0955. The monoisotopic (exact) mass is 301 g/mol. The van der Waals surface area contributed by atoms with E-state index in [1.807, 2.05) is 51.1 Å². The summed E-state index contributed by atoms with van der Waals surface area (Å²) in [6.45, 7) is 6.66. The Labute approximate surface area is 131 Å². The van der Waals surface area contributed by atoms with E-state index in [4.69, 9.17) is 11.6 Å². The van der Waals surface area contributed by atoms with Crippen LogP contribution in [0.5, 0.6) is 0 Å². The number of benzene rings is 2. The van der Waals surface area contributed by atoms with Crippen molar-refractivity contribution in [3.05, 3.63) is 64.7 Å². The summed E-state index contributed by atoms with van der Waals surface area (Å²) in [4.78, 5) is 14.0. The second-order valence-corrected chi connectivity index (χ2v) is 5.72. The molecule has 2 nitrogen and oxygen atoms in total. The zero-order valence-electron chi connectivity index (χ0n) is 12.7. The van der Waals surface area contributed by atoms with Crippen LogP contribution in [0.3, 0.4) is 0 Å². The topological polar surface area (TPSA) is 20.3 Å². The van der Waals surface area contributed by atoms with Gasteiger partial charge in [0.2, 0.25) is 5.91 Å². The lowest BCUT2D eigenvalue weighted by Gasteiger charge is -2.23. The Balaban J connectivity index is 2.36. The van der Waals surface area contributed by atoms with E-state index < -0.39 is 0 Å². The molecule has 0 aliphatic carbocycles. The SMILES string of the molecule is Cc1cccc(CN(C(=O)CCl)c2cc(C)cc(C)c2)c1. The number of nitrogens with zero attached hydrogens (tertiary/aromatic N) is 1. The number of aryl methyl sites for hydroxylation is 3. The highest BCUT2D eigenvalue weighted by atomic mass is 35.5. The van der Waals surface area contributed by atoms with Gasteiger partial charge < -0.3 is 4.90 Å². The standard InChI is InChI=1S/C18H20ClNO/c1-13-5-4-6-16(8-13)12-20(18(21)11-19)17-9-14(2)7-15(3)10-17/h4-10H,11-12H2,1-3H3. The summed E-state index contributed by atoms with van der Waals surface area (Å²) < 4.78 is 0. The van der Waals surface area contributed by atoms with Crippen LogP contribution in [-0.2, 0) is 11.3 Å². The minimum absolute atomic E-state index is 0.0151. The largest absolute Gasteiger partial charge is 0.307 e. The second-order valence-electron chi connectivity index (χ2n) is 5.45. The number of amides is 1. The van der Waals surface area contributed by atoms with Crippen LogP contribution in [-0.4, -0.2) is 11.8 Å². The van der Waals surface area contributed by atoms with Crippen molar-refractivity contribution in [2.45, 2.75) is 27.3 Å². The van der Waals surface area contributed by atoms with Gasteiger partial charge in [0.25, 0.3) is 0 Å². The zero-order chi connectivity index (χ0) is 15.4. The first kappa shape index (κ1) is 15.6. The summed E-state index contributed by atoms with van der Waals surface area (Å²) in [5.41, 5.74) is 5.47. The Hall–Kier alpha value is -1.80. The van der Waals surface area contributed by atoms with Crippen molar-refractivity contribution < 1.29 is 4.79 Å². The van der Waals surface area contributed by atoms with Crippen molar-refractivity contribution in [2.24, 2.45) is 0 Å². The molecule has 0 atom stereocenters. The molecular weight excluding hydrogens is 282 g/mol. The Morgan fingerprint density at radius 3 is 2.24 bits per heavy atom. The highest BCUT2D eigenvalue weighted by molar-refractivity contribution is 6.29. The lowest BCUT2D eigenvalue weighted by molar-refractivity contribution is -0.116. The fourth-order valence-electron chi connectivity index (χ4n) is 2.50. The first-order chi connectivity index (χ1) is 9.99. The van der Waals surface area contributed by atoms with E-state index in [9.17, 15) is 4.79 Å². The smallest absolute Gasteiger partial charge is 0.242 e. The van der Waals surface area contributed by atoms with Crippen LogP contribution < -0.4 is 4.90 Å². The fourth-order valence-corrected chi connectivity index (χ4v) is 2.64. The molecule has 0 N–H and O–H groups in total. The van der Waals surface area contributed by atoms with Gasteiger partial charge in [0.05, 0.1) is 6.54 Å². The molecule has 3 heteroatoms. The average Bonchev–Trinajstić information content (AvgIpc) is 2.43. The lowest BCUT2D eigenvalue weighted by atomic mass is 10.1. The molecule has 2 rings (SSSR count). The zero-order valence-corrected chi connectivity index (χ0v) is 13.4. The van der Waals surface area contributed by atoms with Crippen molar-refractivity contribution in [2.75, 3.05) is 10.8 Å². The molecule has 0 unspecified atom stereocenters. The van der Waals surface area contributed by atoms with Crippen molar-refractivity contribution in [3.8, 4) is 0 Å². The Morgan fingerprint density at radius 2 is 1.67 bits per heavy atom. The Morgan fingerprint density at radius 1 is 1.00 bits per heavy atom. The summed E-state index contributed by atoms with van der Waals surface area (Å²) >= 11 is 5.78. The normalized spacial score (nSPS) is 10.5. The molecule has 0 saturated carbocycles. The highest BCUT2D eigenvalue weighted by Crippen LogP contribution is 2.22. The molecule has 0 saturated heterocycles. The van der Waals surface area contributed by atoms with E-state index in [1.54, 1.807) is 4.90 Å². The highest BCUT2D eigenvalue weighted by Gasteiger charge is 2.16. The summed E-state index contributed by atoms with van der Waals surface area (Å²) in [6.07, 6.45) is 0. The summed E-state index contributed by atoms with van der Waals surface area (Å²) in [5, 5.41) is 0.